The van der Waals surface area contributed by atoms with Gasteiger partial charge in [-0.2, -0.15) is 0 Å². The Morgan fingerprint density at radius 3 is 2.38 bits per heavy atom. The van der Waals surface area contributed by atoms with Gasteiger partial charge in [-0.05, 0) is 12.0 Å². The third kappa shape index (κ3) is 4.94. The molecule has 6 N–H and O–H groups in total. The van der Waals surface area contributed by atoms with Crippen LogP contribution >= 0.6 is 0 Å². The molecule has 0 radical (unpaired) electrons. The van der Waals surface area contributed by atoms with Crippen molar-refractivity contribution < 1.29 is 49.6 Å². The predicted octanol–water partition coefficient (Wildman–Crippen LogP) is -2.49. The molecule has 10 heteroatoms. The molecule has 1 aromatic rings. The summed E-state index contributed by atoms with van der Waals surface area (Å²) in [6.45, 7) is -1.47. The highest BCUT2D eigenvalue weighted by molar-refractivity contribution is 5.14. The summed E-state index contributed by atoms with van der Waals surface area (Å²) in [6.07, 6.45) is -8.93. The highest BCUT2D eigenvalue weighted by Gasteiger charge is 2.53. The van der Waals surface area contributed by atoms with Gasteiger partial charge in [0.2, 0.25) is 0 Å². The standard InChI is InChI=1S/C19H28O10/c20-8-12-13(22)14(23)15(29-18-16(24)19(25,9-21)10-27-18)17(28-12)26-7-6-11-4-2-1-3-5-11/h1-5,12-18,20-25H,6-10H2/t12-,13-,14+,15-,16+,17+,18-,19-/m1/s1. The smallest absolute Gasteiger partial charge is 0.187 e. The number of aliphatic hydroxyl groups is 6. The van der Waals surface area contributed by atoms with Crippen molar-refractivity contribution in [2.45, 2.75) is 55.1 Å². The topological polar surface area (TPSA) is 158 Å². The third-order valence-electron chi connectivity index (χ3n) is 5.21. The maximum Gasteiger partial charge on any atom is 0.187 e. The molecule has 10 nitrogen and oxygen atoms in total. The lowest BCUT2D eigenvalue weighted by molar-refractivity contribution is -0.335. The third-order valence-corrected chi connectivity index (χ3v) is 5.21. The van der Waals surface area contributed by atoms with Gasteiger partial charge in [0.15, 0.2) is 12.6 Å². The van der Waals surface area contributed by atoms with Crippen molar-refractivity contribution in [3.05, 3.63) is 35.9 Å². The van der Waals surface area contributed by atoms with Crippen LogP contribution in [0.5, 0.6) is 0 Å². The molecule has 8 atom stereocenters. The van der Waals surface area contributed by atoms with Crippen molar-refractivity contribution in [1.29, 1.82) is 0 Å². The molecule has 3 rings (SSSR count). The van der Waals surface area contributed by atoms with Gasteiger partial charge in [0.1, 0.15) is 36.1 Å². The van der Waals surface area contributed by atoms with Gasteiger partial charge >= 0.3 is 0 Å². The van der Waals surface area contributed by atoms with Gasteiger partial charge in [-0.1, -0.05) is 30.3 Å². The molecule has 2 aliphatic heterocycles. The molecule has 2 aliphatic rings. The monoisotopic (exact) mass is 416 g/mol. The van der Waals surface area contributed by atoms with Crippen molar-refractivity contribution in [3.63, 3.8) is 0 Å². The van der Waals surface area contributed by atoms with E-state index in [4.69, 9.17) is 18.9 Å². The van der Waals surface area contributed by atoms with E-state index in [-0.39, 0.29) is 13.2 Å². The minimum Gasteiger partial charge on any atom is -0.394 e. The fourth-order valence-corrected chi connectivity index (χ4v) is 3.34. The molecular formula is C19H28O10. The van der Waals surface area contributed by atoms with Crippen LogP contribution in [-0.4, -0.2) is 106 Å². The number of hydrogen-bond acceptors (Lipinski definition) is 10. The van der Waals surface area contributed by atoms with E-state index in [1.807, 2.05) is 30.3 Å². The van der Waals surface area contributed by atoms with E-state index in [1.165, 1.54) is 0 Å². The van der Waals surface area contributed by atoms with E-state index in [2.05, 4.69) is 0 Å². The van der Waals surface area contributed by atoms with Gasteiger partial charge in [-0.15, -0.1) is 0 Å². The summed E-state index contributed by atoms with van der Waals surface area (Å²) in [4.78, 5) is 0. The van der Waals surface area contributed by atoms with Crippen molar-refractivity contribution >= 4 is 0 Å². The lowest BCUT2D eigenvalue weighted by atomic mass is 9.98. The summed E-state index contributed by atoms with van der Waals surface area (Å²) in [6, 6.07) is 9.52. The van der Waals surface area contributed by atoms with Gasteiger partial charge in [0.25, 0.3) is 0 Å². The zero-order chi connectivity index (χ0) is 21.0. The number of benzene rings is 1. The van der Waals surface area contributed by atoms with Crippen molar-refractivity contribution in [2.75, 3.05) is 26.4 Å². The average Bonchev–Trinajstić information content (AvgIpc) is 3.02. The number of aliphatic hydroxyl groups excluding tert-OH is 5. The Labute approximate surface area is 167 Å². The molecule has 0 aromatic heterocycles. The maximum absolute atomic E-state index is 10.5. The predicted molar refractivity (Wildman–Crippen MR) is 96.5 cm³/mol. The summed E-state index contributed by atoms with van der Waals surface area (Å²) in [5.74, 6) is 0. The summed E-state index contributed by atoms with van der Waals surface area (Å²) < 4.78 is 22.0. The second kappa shape index (κ2) is 9.75. The van der Waals surface area contributed by atoms with Crippen LogP contribution in [0.1, 0.15) is 5.56 Å². The van der Waals surface area contributed by atoms with Crippen molar-refractivity contribution in [2.24, 2.45) is 0 Å². The molecule has 2 heterocycles. The summed E-state index contributed by atoms with van der Waals surface area (Å²) >= 11 is 0. The molecule has 0 saturated carbocycles. The van der Waals surface area contributed by atoms with E-state index in [1.54, 1.807) is 0 Å². The van der Waals surface area contributed by atoms with Crippen molar-refractivity contribution in [1.82, 2.24) is 0 Å². The number of ether oxygens (including phenoxy) is 4. The second-order valence-electron chi connectivity index (χ2n) is 7.30. The molecule has 2 fully saturated rings. The molecule has 29 heavy (non-hydrogen) atoms. The van der Waals surface area contributed by atoms with E-state index in [0.717, 1.165) is 5.56 Å². The average molecular weight is 416 g/mol. The molecule has 164 valence electrons. The van der Waals surface area contributed by atoms with Gasteiger partial charge in [0.05, 0.1) is 26.4 Å². The van der Waals surface area contributed by atoms with Crippen molar-refractivity contribution in [3.8, 4) is 0 Å². The van der Waals surface area contributed by atoms with Crippen LogP contribution in [0, 0.1) is 0 Å². The minimum absolute atomic E-state index is 0.199. The molecule has 0 spiro atoms. The Morgan fingerprint density at radius 2 is 1.76 bits per heavy atom. The summed E-state index contributed by atoms with van der Waals surface area (Å²) in [7, 11) is 0. The lowest BCUT2D eigenvalue weighted by Crippen LogP contribution is -2.61. The first-order chi connectivity index (χ1) is 13.9. The number of hydrogen-bond donors (Lipinski definition) is 6. The quantitative estimate of drug-likeness (QED) is 0.268. The van der Waals surface area contributed by atoms with Crippen LogP contribution in [0.4, 0.5) is 0 Å². The summed E-state index contributed by atoms with van der Waals surface area (Å²) in [5.41, 5.74) is -0.885. The Balaban J connectivity index is 1.67. The molecule has 2 saturated heterocycles. The normalized spacial score (nSPS) is 40.3. The first-order valence-electron chi connectivity index (χ1n) is 9.46. The van der Waals surface area contributed by atoms with Crippen LogP contribution in [0.25, 0.3) is 0 Å². The first kappa shape index (κ1) is 22.5. The van der Waals surface area contributed by atoms with Crippen LogP contribution in [0.3, 0.4) is 0 Å². The molecule has 0 unspecified atom stereocenters. The fourth-order valence-electron chi connectivity index (χ4n) is 3.34. The fraction of sp³-hybridized carbons (Fsp3) is 0.684. The first-order valence-corrected chi connectivity index (χ1v) is 9.46. The maximum atomic E-state index is 10.5. The van der Waals surface area contributed by atoms with E-state index < -0.39 is 61.9 Å². The highest BCUT2D eigenvalue weighted by atomic mass is 16.8. The zero-order valence-corrected chi connectivity index (χ0v) is 15.8. The van der Waals surface area contributed by atoms with Crippen LogP contribution in [0.15, 0.2) is 30.3 Å². The van der Waals surface area contributed by atoms with E-state index >= 15 is 0 Å². The van der Waals surface area contributed by atoms with Gasteiger partial charge in [0, 0.05) is 0 Å². The summed E-state index contributed by atoms with van der Waals surface area (Å²) in [5, 5.41) is 59.5. The zero-order valence-electron chi connectivity index (χ0n) is 15.8. The van der Waals surface area contributed by atoms with Gasteiger partial charge < -0.3 is 49.6 Å². The van der Waals surface area contributed by atoms with Crippen LogP contribution in [-0.2, 0) is 25.4 Å². The Morgan fingerprint density at radius 1 is 1.03 bits per heavy atom. The molecule has 0 bridgehead atoms. The highest BCUT2D eigenvalue weighted by Crippen LogP contribution is 2.31. The van der Waals surface area contributed by atoms with Crippen LogP contribution < -0.4 is 0 Å². The SMILES string of the molecule is OC[C@H]1O[C@H](OCCc2ccccc2)[C@H](O[C@H]2OC[C@](O)(CO)[C@H]2O)[C@@H](O)[C@@H]1O. The van der Waals surface area contributed by atoms with Gasteiger partial charge in [-0.3, -0.25) is 0 Å². The lowest BCUT2D eigenvalue weighted by Gasteiger charge is -2.42. The Hall–Kier alpha value is -1.18. The molecular weight excluding hydrogens is 388 g/mol. The second-order valence-corrected chi connectivity index (χ2v) is 7.30. The van der Waals surface area contributed by atoms with E-state index in [9.17, 15) is 30.6 Å². The minimum atomic E-state index is -1.90. The molecule has 1 aromatic carbocycles. The van der Waals surface area contributed by atoms with Crippen LogP contribution in [0.2, 0.25) is 0 Å². The Bertz CT molecular complexity index is 631. The number of rotatable bonds is 8. The largest absolute Gasteiger partial charge is 0.394 e. The molecule has 0 aliphatic carbocycles. The van der Waals surface area contributed by atoms with E-state index in [0.29, 0.717) is 6.42 Å². The van der Waals surface area contributed by atoms with Gasteiger partial charge in [-0.25, -0.2) is 0 Å². The molecule has 0 amide bonds. The Kier molecular flexibility index (Phi) is 7.57.